The van der Waals surface area contributed by atoms with Crippen molar-refractivity contribution >= 4 is 5.78 Å². The minimum Gasteiger partial charge on any atom is -0.493 e. The summed E-state index contributed by atoms with van der Waals surface area (Å²) in [5, 5.41) is 3.25. The van der Waals surface area contributed by atoms with E-state index in [0.717, 1.165) is 12.0 Å². The van der Waals surface area contributed by atoms with Crippen LogP contribution in [0.3, 0.4) is 0 Å². The molecule has 27 heavy (non-hydrogen) atoms. The van der Waals surface area contributed by atoms with E-state index in [2.05, 4.69) is 5.32 Å². The van der Waals surface area contributed by atoms with Crippen molar-refractivity contribution in [1.82, 2.24) is 5.32 Å². The first-order valence-corrected chi connectivity index (χ1v) is 9.05. The average Bonchev–Trinajstić information content (AvgIpc) is 2.66. The third-order valence-electron chi connectivity index (χ3n) is 3.96. The summed E-state index contributed by atoms with van der Waals surface area (Å²) in [6.07, 6.45) is 0.0272. The summed E-state index contributed by atoms with van der Waals surface area (Å²) >= 11 is 0. The summed E-state index contributed by atoms with van der Waals surface area (Å²) in [6, 6.07) is 15.0. The minimum atomic E-state index is -0.701. The maximum absolute atomic E-state index is 12.8. The maximum atomic E-state index is 12.8. The SMILES string of the molecule is COc1ccc(CCNC(OC(C)(C)C)C(=O)c2ccccc2)cc1OC. The lowest BCUT2D eigenvalue weighted by Crippen LogP contribution is -2.44. The minimum absolute atomic E-state index is 0.0714. The first-order valence-electron chi connectivity index (χ1n) is 9.05. The number of carbonyl (C=O) groups is 1. The number of hydrogen-bond acceptors (Lipinski definition) is 5. The smallest absolute Gasteiger partial charge is 0.206 e. The van der Waals surface area contributed by atoms with Crippen molar-refractivity contribution < 1.29 is 19.0 Å². The molecule has 0 aliphatic carbocycles. The first-order chi connectivity index (χ1) is 12.8. The molecule has 0 aliphatic heterocycles. The monoisotopic (exact) mass is 371 g/mol. The molecule has 2 aromatic carbocycles. The molecule has 0 saturated heterocycles. The van der Waals surface area contributed by atoms with Crippen LogP contribution in [0.1, 0.15) is 36.7 Å². The highest BCUT2D eigenvalue weighted by Gasteiger charge is 2.25. The summed E-state index contributed by atoms with van der Waals surface area (Å²) in [7, 11) is 3.23. The van der Waals surface area contributed by atoms with Crippen LogP contribution in [0.5, 0.6) is 11.5 Å². The molecule has 0 bridgehead atoms. The van der Waals surface area contributed by atoms with Gasteiger partial charge < -0.3 is 14.2 Å². The van der Waals surface area contributed by atoms with E-state index in [-0.39, 0.29) is 5.78 Å². The number of methoxy groups -OCH3 is 2. The second kappa shape index (κ2) is 9.53. The molecule has 0 radical (unpaired) electrons. The lowest BCUT2D eigenvalue weighted by Gasteiger charge is -2.27. The number of Topliss-reactive ketones (excluding diaryl/α,β-unsaturated/α-hetero) is 1. The van der Waals surface area contributed by atoms with E-state index < -0.39 is 11.8 Å². The Bertz CT molecular complexity index is 738. The zero-order chi connectivity index (χ0) is 19.9. The fraction of sp³-hybridized carbons (Fsp3) is 0.409. The number of benzene rings is 2. The van der Waals surface area contributed by atoms with E-state index >= 15 is 0 Å². The lowest BCUT2D eigenvalue weighted by molar-refractivity contribution is -0.0581. The van der Waals surface area contributed by atoms with Gasteiger partial charge in [0.15, 0.2) is 17.7 Å². The standard InChI is InChI=1S/C22H29NO4/c1-22(2,3)27-21(20(24)17-9-7-6-8-10-17)23-14-13-16-11-12-18(25-4)19(15-16)26-5/h6-12,15,21,23H,13-14H2,1-5H3. The Balaban J connectivity index is 2.04. The molecule has 146 valence electrons. The van der Waals surface area contributed by atoms with Gasteiger partial charge in [-0.1, -0.05) is 36.4 Å². The second-order valence-electron chi connectivity index (χ2n) is 7.23. The van der Waals surface area contributed by atoms with E-state index in [9.17, 15) is 4.79 Å². The van der Waals surface area contributed by atoms with E-state index in [1.165, 1.54) is 0 Å². The molecule has 0 fully saturated rings. The maximum Gasteiger partial charge on any atom is 0.206 e. The summed E-state index contributed by atoms with van der Waals surface area (Å²) < 4.78 is 16.6. The van der Waals surface area contributed by atoms with Gasteiger partial charge in [0.25, 0.3) is 0 Å². The van der Waals surface area contributed by atoms with Crippen LogP contribution in [-0.4, -0.2) is 38.4 Å². The van der Waals surface area contributed by atoms with Gasteiger partial charge in [0.2, 0.25) is 5.78 Å². The topological polar surface area (TPSA) is 56.8 Å². The summed E-state index contributed by atoms with van der Waals surface area (Å²) in [4.78, 5) is 12.8. The van der Waals surface area contributed by atoms with Crippen molar-refractivity contribution in [3.63, 3.8) is 0 Å². The number of ketones is 1. The van der Waals surface area contributed by atoms with Crippen molar-refractivity contribution in [2.24, 2.45) is 0 Å². The summed E-state index contributed by atoms with van der Waals surface area (Å²) in [6.45, 7) is 6.41. The van der Waals surface area contributed by atoms with Crippen LogP contribution in [0, 0.1) is 0 Å². The molecular weight excluding hydrogens is 342 g/mol. The Hall–Kier alpha value is -2.37. The van der Waals surface area contributed by atoms with Crippen LogP contribution in [0.4, 0.5) is 0 Å². The Morgan fingerprint density at radius 3 is 2.26 bits per heavy atom. The van der Waals surface area contributed by atoms with Crippen LogP contribution in [0.2, 0.25) is 0 Å². The molecule has 1 atom stereocenters. The Kier molecular flexibility index (Phi) is 7.39. The first kappa shape index (κ1) is 20.9. The molecule has 5 nitrogen and oxygen atoms in total. The molecule has 0 saturated carbocycles. The highest BCUT2D eigenvalue weighted by atomic mass is 16.5. The highest BCUT2D eigenvalue weighted by molar-refractivity contribution is 5.99. The molecule has 5 heteroatoms. The number of nitrogens with one attached hydrogen (secondary N) is 1. The van der Waals surface area contributed by atoms with E-state index in [0.29, 0.717) is 23.6 Å². The van der Waals surface area contributed by atoms with Crippen LogP contribution >= 0.6 is 0 Å². The third-order valence-corrected chi connectivity index (χ3v) is 3.96. The van der Waals surface area contributed by atoms with Crippen molar-refractivity contribution in [3.8, 4) is 11.5 Å². The summed E-state index contributed by atoms with van der Waals surface area (Å²) in [5.74, 6) is 1.32. The van der Waals surface area contributed by atoms with Gasteiger partial charge in [-0.2, -0.15) is 0 Å². The van der Waals surface area contributed by atoms with E-state index in [4.69, 9.17) is 14.2 Å². The molecule has 2 aromatic rings. The number of ether oxygens (including phenoxy) is 3. The van der Waals surface area contributed by atoms with Crippen molar-refractivity contribution in [2.45, 2.75) is 39.0 Å². The van der Waals surface area contributed by atoms with Gasteiger partial charge in [0.05, 0.1) is 19.8 Å². The van der Waals surface area contributed by atoms with Gasteiger partial charge in [-0.3, -0.25) is 10.1 Å². The fourth-order valence-electron chi connectivity index (χ4n) is 2.68. The van der Waals surface area contributed by atoms with Crippen molar-refractivity contribution in [1.29, 1.82) is 0 Å². The largest absolute Gasteiger partial charge is 0.493 e. The lowest BCUT2D eigenvalue weighted by atomic mass is 10.1. The van der Waals surface area contributed by atoms with Gasteiger partial charge in [-0.15, -0.1) is 0 Å². The normalized spacial score (nSPS) is 12.5. The molecule has 0 aromatic heterocycles. The molecular formula is C22H29NO4. The molecule has 0 spiro atoms. The molecule has 1 N–H and O–H groups in total. The third kappa shape index (κ3) is 6.38. The Labute approximate surface area is 161 Å². The van der Waals surface area contributed by atoms with Crippen molar-refractivity contribution in [3.05, 3.63) is 59.7 Å². The zero-order valence-electron chi connectivity index (χ0n) is 16.7. The number of rotatable bonds is 9. The van der Waals surface area contributed by atoms with Crippen LogP contribution in [0.15, 0.2) is 48.5 Å². The number of hydrogen-bond donors (Lipinski definition) is 1. The van der Waals surface area contributed by atoms with Gasteiger partial charge in [-0.05, 0) is 44.9 Å². The average molecular weight is 371 g/mol. The predicted molar refractivity (Wildman–Crippen MR) is 107 cm³/mol. The summed E-state index contributed by atoms with van der Waals surface area (Å²) in [5.41, 5.74) is 1.28. The van der Waals surface area contributed by atoms with E-state index in [1.54, 1.807) is 26.4 Å². The van der Waals surface area contributed by atoms with Gasteiger partial charge >= 0.3 is 0 Å². The van der Waals surface area contributed by atoms with Gasteiger partial charge in [0.1, 0.15) is 0 Å². The molecule has 2 rings (SSSR count). The highest BCUT2D eigenvalue weighted by Crippen LogP contribution is 2.27. The number of carbonyl (C=O) groups excluding carboxylic acids is 1. The Morgan fingerprint density at radius 1 is 1.00 bits per heavy atom. The zero-order valence-corrected chi connectivity index (χ0v) is 16.7. The Morgan fingerprint density at radius 2 is 1.67 bits per heavy atom. The molecule has 1 unspecified atom stereocenters. The quantitative estimate of drug-likeness (QED) is 0.536. The molecule has 0 aliphatic rings. The van der Waals surface area contributed by atoms with Crippen LogP contribution in [0.25, 0.3) is 0 Å². The predicted octanol–water partition coefficient (Wildman–Crippen LogP) is 3.86. The fourth-order valence-corrected chi connectivity index (χ4v) is 2.68. The van der Waals surface area contributed by atoms with Gasteiger partial charge in [-0.25, -0.2) is 0 Å². The van der Waals surface area contributed by atoms with Crippen LogP contribution in [-0.2, 0) is 11.2 Å². The van der Waals surface area contributed by atoms with Crippen LogP contribution < -0.4 is 14.8 Å². The second-order valence-corrected chi connectivity index (χ2v) is 7.23. The molecule has 0 amide bonds. The van der Waals surface area contributed by atoms with E-state index in [1.807, 2.05) is 57.2 Å². The van der Waals surface area contributed by atoms with Crippen molar-refractivity contribution in [2.75, 3.05) is 20.8 Å². The van der Waals surface area contributed by atoms with Gasteiger partial charge in [0, 0.05) is 12.1 Å². The molecule has 0 heterocycles.